The summed E-state index contributed by atoms with van der Waals surface area (Å²) in [7, 11) is -3.60. The first-order valence-electron chi connectivity index (χ1n) is 7.97. The van der Waals surface area contributed by atoms with E-state index in [0.717, 1.165) is 9.99 Å². The molecule has 1 saturated heterocycles. The van der Waals surface area contributed by atoms with Crippen molar-refractivity contribution in [1.82, 2.24) is 0 Å². The van der Waals surface area contributed by atoms with Gasteiger partial charge in [-0.15, -0.1) is 0 Å². The zero-order chi connectivity index (χ0) is 18.0. The summed E-state index contributed by atoms with van der Waals surface area (Å²) >= 11 is 0. The lowest BCUT2D eigenvalue weighted by molar-refractivity contribution is -0.116. The number of carbonyl (C=O) groups excluding carboxylic acids is 2. The predicted octanol–water partition coefficient (Wildman–Crippen LogP) is 2.42. The molecule has 0 aromatic heterocycles. The van der Waals surface area contributed by atoms with Gasteiger partial charge in [-0.25, -0.2) is 12.7 Å². The second kappa shape index (κ2) is 6.68. The first-order valence-corrected chi connectivity index (χ1v) is 9.58. The fourth-order valence-corrected chi connectivity index (χ4v) is 4.28. The number of rotatable bonds is 4. The SMILES string of the molecule is CCN(C(=O)c1ccc(N2C(=O)CCS2(=O)=O)cc1)c1ccccc1. The lowest BCUT2D eigenvalue weighted by Gasteiger charge is -2.21. The van der Waals surface area contributed by atoms with E-state index < -0.39 is 15.9 Å². The Labute approximate surface area is 146 Å². The monoisotopic (exact) mass is 358 g/mol. The Morgan fingerprint density at radius 3 is 2.24 bits per heavy atom. The number of hydrogen-bond acceptors (Lipinski definition) is 4. The van der Waals surface area contributed by atoms with Crippen LogP contribution in [0, 0.1) is 0 Å². The van der Waals surface area contributed by atoms with Crippen molar-refractivity contribution < 1.29 is 18.0 Å². The van der Waals surface area contributed by atoms with Crippen molar-refractivity contribution in [3.8, 4) is 0 Å². The number of benzene rings is 2. The molecule has 7 heteroatoms. The van der Waals surface area contributed by atoms with Crippen LogP contribution < -0.4 is 9.21 Å². The third-order valence-electron chi connectivity index (χ3n) is 4.06. The average molecular weight is 358 g/mol. The normalized spacial score (nSPS) is 16.0. The summed E-state index contributed by atoms with van der Waals surface area (Å²) in [4.78, 5) is 26.2. The maximum Gasteiger partial charge on any atom is 0.258 e. The largest absolute Gasteiger partial charge is 0.309 e. The number of anilines is 2. The topological polar surface area (TPSA) is 74.8 Å². The molecule has 0 saturated carbocycles. The first kappa shape index (κ1) is 17.2. The van der Waals surface area contributed by atoms with Gasteiger partial charge in [0.1, 0.15) is 0 Å². The van der Waals surface area contributed by atoms with Crippen LogP contribution in [0.25, 0.3) is 0 Å². The van der Waals surface area contributed by atoms with Crippen LogP contribution in [0.1, 0.15) is 23.7 Å². The standard InChI is InChI=1S/C18H18N2O4S/c1-2-19(15-6-4-3-5-7-15)18(22)14-8-10-16(11-9-14)20-17(21)12-13-25(20,23)24/h3-11H,2,12-13H2,1H3. The molecule has 1 fully saturated rings. The summed E-state index contributed by atoms with van der Waals surface area (Å²) in [5, 5.41) is 0. The molecule has 25 heavy (non-hydrogen) atoms. The summed E-state index contributed by atoms with van der Waals surface area (Å²) in [6.07, 6.45) is -0.0133. The fraction of sp³-hybridized carbons (Fsp3) is 0.222. The number of carbonyl (C=O) groups is 2. The molecule has 6 nitrogen and oxygen atoms in total. The number of nitrogens with zero attached hydrogens (tertiary/aromatic N) is 2. The minimum atomic E-state index is -3.60. The van der Waals surface area contributed by atoms with Crippen LogP contribution in [-0.2, 0) is 14.8 Å². The van der Waals surface area contributed by atoms with Crippen LogP contribution in [0.3, 0.4) is 0 Å². The highest BCUT2D eigenvalue weighted by Crippen LogP contribution is 2.26. The molecule has 2 amide bonds. The van der Waals surface area contributed by atoms with Crippen LogP contribution in [0.4, 0.5) is 11.4 Å². The Bertz CT molecular complexity index is 892. The second-order valence-electron chi connectivity index (χ2n) is 5.66. The third kappa shape index (κ3) is 3.28. The molecule has 0 atom stereocenters. The zero-order valence-electron chi connectivity index (χ0n) is 13.8. The van der Waals surface area contributed by atoms with E-state index in [1.54, 1.807) is 17.0 Å². The van der Waals surface area contributed by atoms with Crippen molar-refractivity contribution in [2.75, 3.05) is 21.5 Å². The van der Waals surface area contributed by atoms with Gasteiger partial charge in [0.15, 0.2) is 0 Å². The third-order valence-corrected chi connectivity index (χ3v) is 5.75. The predicted molar refractivity (Wildman–Crippen MR) is 96.1 cm³/mol. The second-order valence-corrected chi connectivity index (χ2v) is 7.59. The lowest BCUT2D eigenvalue weighted by Crippen LogP contribution is -2.31. The molecule has 0 spiro atoms. The Morgan fingerprint density at radius 1 is 1.08 bits per heavy atom. The van der Waals surface area contributed by atoms with Gasteiger partial charge in [-0.2, -0.15) is 0 Å². The Hall–Kier alpha value is -2.67. The van der Waals surface area contributed by atoms with E-state index >= 15 is 0 Å². The maximum atomic E-state index is 12.7. The van der Waals surface area contributed by atoms with E-state index in [1.165, 1.54) is 12.1 Å². The van der Waals surface area contributed by atoms with Crippen molar-refractivity contribution in [2.24, 2.45) is 0 Å². The van der Waals surface area contributed by atoms with Crippen LogP contribution >= 0.6 is 0 Å². The highest BCUT2D eigenvalue weighted by atomic mass is 32.2. The van der Waals surface area contributed by atoms with Crippen LogP contribution in [0.2, 0.25) is 0 Å². The van der Waals surface area contributed by atoms with Crippen molar-refractivity contribution in [1.29, 1.82) is 0 Å². The Kier molecular flexibility index (Phi) is 4.59. The summed E-state index contributed by atoms with van der Waals surface area (Å²) in [6, 6.07) is 15.4. The van der Waals surface area contributed by atoms with Gasteiger partial charge >= 0.3 is 0 Å². The van der Waals surface area contributed by atoms with Gasteiger partial charge in [0.25, 0.3) is 5.91 Å². The van der Waals surface area contributed by atoms with Crippen LogP contribution in [0.5, 0.6) is 0 Å². The minimum absolute atomic E-state index is 0.0133. The summed E-state index contributed by atoms with van der Waals surface area (Å²) in [5.74, 6) is -0.807. The zero-order valence-corrected chi connectivity index (χ0v) is 14.6. The van der Waals surface area contributed by atoms with Gasteiger partial charge in [0.2, 0.25) is 15.9 Å². The molecular formula is C18H18N2O4S. The molecule has 1 heterocycles. The molecule has 3 rings (SSSR count). The van der Waals surface area contributed by atoms with Gasteiger partial charge < -0.3 is 4.90 Å². The van der Waals surface area contributed by atoms with Crippen LogP contribution in [0.15, 0.2) is 54.6 Å². The molecule has 0 aliphatic carbocycles. The molecule has 0 radical (unpaired) electrons. The quantitative estimate of drug-likeness (QED) is 0.841. The van der Waals surface area contributed by atoms with Crippen molar-refractivity contribution in [3.63, 3.8) is 0 Å². The Balaban J connectivity index is 1.87. The van der Waals surface area contributed by atoms with Crippen molar-refractivity contribution in [2.45, 2.75) is 13.3 Å². The van der Waals surface area contributed by atoms with Gasteiger partial charge in [0.05, 0.1) is 11.4 Å². The molecular weight excluding hydrogens is 340 g/mol. The van der Waals surface area contributed by atoms with E-state index in [4.69, 9.17) is 0 Å². The van der Waals surface area contributed by atoms with Gasteiger partial charge in [-0.05, 0) is 43.3 Å². The molecule has 0 N–H and O–H groups in total. The van der Waals surface area contributed by atoms with E-state index in [1.807, 2.05) is 37.3 Å². The molecule has 1 aliphatic heterocycles. The van der Waals surface area contributed by atoms with E-state index in [0.29, 0.717) is 12.1 Å². The van der Waals surface area contributed by atoms with E-state index in [-0.39, 0.29) is 23.8 Å². The number of sulfonamides is 1. The smallest absolute Gasteiger partial charge is 0.258 e. The molecule has 1 aliphatic rings. The minimum Gasteiger partial charge on any atom is -0.309 e. The van der Waals surface area contributed by atoms with Gasteiger partial charge in [-0.3, -0.25) is 9.59 Å². The van der Waals surface area contributed by atoms with Gasteiger partial charge in [0, 0.05) is 24.2 Å². The molecule has 0 bridgehead atoms. The van der Waals surface area contributed by atoms with Crippen molar-refractivity contribution in [3.05, 3.63) is 60.2 Å². The molecule has 130 valence electrons. The maximum absolute atomic E-state index is 12.7. The summed E-state index contributed by atoms with van der Waals surface area (Å²) in [5.41, 5.74) is 1.48. The van der Waals surface area contributed by atoms with Gasteiger partial charge in [-0.1, -0.05) is 18.2 Å². The van der Waals surface area contributed by atoms with E-state index in [2.05, 4.69) is 0 Å². The molecule has 2 aromatic carbocycles. The summed E-state index contributed by atoms with van der Waals surface area (Å²) in [6.45, 7) is 2.39. The highest BCUT2D eigenvalue weighted by Gasteiger charge is 2.36. The fourth-order valence-electron chi connectivity index (χ4n) is 2.82. The molecule has 0 unspecified atom stereocenters. The van der Waals surface area contributed by atoms with E-state index in [9.17, 15) is 18.0 Å². The highest BCUT2D eigenvalue weighted by molar-refractivity contribution is 7.94. The van der Waals surface area contributed by atoms with Crippen LogP contribution in [-0.4, -0.2) is 32.5 Å². The first-order chi connectivity index (χ1) is 11.9. The lowest BCUT2D eigenvalue weighted by atomic mass is 10.1. The summed E-state index contributed by atoms with van der Waals surface area (Å²) < 4.78 is 24.7. The Morgan fingerprint density at radius 2 is 1.72 bits per heavy atom. The molecule has 2 aromatic rings. The number of hydrogen-bond donors (Lipinski definition) is 0. The van der Waals surface area contributed by atoms with Crippen molar-refractivity contribution >= 4 is 33.2 Å². The average Bonchev–Trinajstić information content (AvgIpc) is 2.89. The number of amides is 2. The number of para-hydroxylation sites is 1.